The summed E-state index contributed by atoms with van der Waals surface area (Å²) in [6.45, 7) is -1.91. The van der Waals surface area contributed by atoms with E-state index in [1.54, 1.807) is 12.1 Å². The van der Waals surface area contributed by atoms with E-state index in [-0.39, 0.29) is 27.8 Å². The second-order valence-electron chi connectivity index (χ2n) is 5.65. The normalized spacial score (nSPS) is 13.7. The van der Waals surface area contributed by atoms with E-state index in [2.05, 4.69) is 4.74 Å². The number of ketones is 2. The summed E-state index contributed by atoms with van der Waals surface area (Å²) in [6.07, 6.45) is 0. The van der Waals surface area contributed by atoms with Crippen molar-refractivity contribution in [3.05, 3.63) is 70.3 Å². The first-order chi connectivity index (χ1) is 12.5. The average Bonchev–Trinajstić information content (AvgIpc) is 2.63. The minimum atomic E-state index is -5.75. The van der Waals surface area contributed by atoms with Crippen LogP contribution < -0.4 is 0 Å². The van der Waals surface area contributed by atoms with E-state index in [4.69, 9.17) is 4.55 Å². The summed E-state index contributed by atoms with van der Waals surface area (Å²) in [5.41, 5.74) is -0.0508. The number of ether oxygens (including phenoxy) is 1. The van der Waals surface area contributed by atoms with Crippen molar-refractivity contribution in [2.75, 3.05) is 6.61 Å². The van der Waals surface area contributed by atoms with Crippen molar-refractivity contribution in [1.82, 2.24) is 0 Å². The molecule has 1 N–H and O–H groups in total. The largest absolute Gasteiger partial charge is 0.454 e. The van der Waals surface area contributed by atoms with Crippen LogP contribution in [0.25, 0.3) is 0 Å². The molecular formula is C17H10F2O7S. The minimum absolute atomic E-state index is 0.0403. The van der Waals surface area contributed by atoms with E-state index in [0.29, 0.717) is 0 Å². The Labute approximate surface area is 151 Å². The second-order valence-corrected chi connectivity index (χ2v) is 7.20. The maximum atomic E-state index is 13.1. The van der Waals surface area contributed by atoms with Crippen LogP contribution in [0.5, 0.6) is 0 Å². The summed E-state index contributed by atoms with van der Waals surface area (Å²) >= 11 is 0. The zero-order valence-electron chi connectivity index (χ0n) is 13.3. The molecule has 0 fully saturated rings. The molecule has 0 spiro atoms. The third-order valence-electron chi connectivity index (χ3n) is 3.91. The van der Waals surface area contributed by atoms with Gasteiger partial charge in [0.05, 0.1) is 5.56 Å². The van der Waals surface area contributed by atoms with Crippen molar-refractivity contribution in [3.8, 4) is 0 Å². The summed E-state index contributed by atoms with van der Waals surface area (Å²) < 4.78 is 59.9. The molecule has 0 amide bonds. The minimum Gasteiger partial charge on any atom is -0.454 e. The van der Waals surface area contributed by atoms with Crippen LogP contribution in [-0.2, 0) is 14.9 Å². The molecule has 0 aromatic heterocycles. The van der Waals surface area contributed by atoms with Crippen LogP contribution in [0.4, 0.5) is 8.78 Å². The summed E-state index contributed by atoms with van der Waals surface area (Å²) in [4.78, 5) is 36.9. The first kappa shape index (κ1) is 18.8. The Balaban J connectivity index is 1.90. The van der Waals surface area contributed by atoms with Gasteiger partial charge in [-0.15, -0.1) is 0 Å². The quantitative estimate of drug-likeness (QED) is 0.530. The van der Waals surface area contributed by atoms with Crippen molar-refractivity contribution in [2.45, 2.75) is 5.25 Å². The smallest absolute Gasteiger partial charge is 0.402 e. The Hall–Kier alpha value is -2.98. The summed E-state index contributed by atoms with van der Waals surface area (Å²) in [5.74, 6) is -2.31. The highest BCUT2D eigenvalue weighted by Gasteiger charge is 2.45. The maximum absolute atomic E-state index is 13.1. The molecule has 0 bridgehead atoms. The van der Waals surface area contributed by atoms with Crippen molar-refractivity contribution in [1.29, 1.82) is 0 Å². The van der Waals surface area contributed by atoms with Crippen molar-refractivity contribution in [2.24, 2.45) is 0 Å². The van der Waals surface area contributed by atoms with Gasteiger partial charge in [0.1, 0.15) is 0 Å². The SMILES string of the molecule is O=C(OCC(F)(F)S(=O)(=O)O)c1ccc2c(c1)C(=O)c1ccccc1C2=O. The van der Waals surface area contributed by atoms with Crippen molar-refractivity contribution in [3.63, 3.8) is 0 Å². The van der Waals surface area contributed by atoms with Gasteiger partial charge in [-0.05, 0) is 18.2 Å². The summed E-state index contributed by atoms with van der Waals surface area (Å²) in [6, 6.07) is 9.36. The zero-order valence-corrected chi connectivity index (χ0v) is 14.1. The maximum Gasteiger partial charge on any atom is 0.402 e. The van der Waals surface area contributed by atoms with Gasteiger partial charge in [0.2, 0.25) is 0 Å². The van der Waals surface area contributed by atoms with Crippen LogP contribution in [0, 0.1) is 0 Å². The van der Waals surface area contributed by atoms with E-state index in [1.165, 1.54) is 18.2 Å². The highest BCUT2D eigenvalue weighted by molar-refractivity contribution is 7.86. The first-order valence-corrected chi connectivity index (χ1v) is 8.81. The van der Waals surface area contributed by atoms with Crippen LogP contribution in [0.2, 0.25) is 0 Å². The number of alkyl halides is 2. The Morgan fingerprint density at radius 2 is 1.48 bits per heavy atom. The molecule has 140 valence electrons. The number of carbonyl (C=O) groups is 3. The summed E-state index contributed by atoms with van der Waals surface area (Å²) in [7, 11) is -5.75. The van der Waals surface area contributed by atoms with Gasteiger partial charge in [0, 0.05) is 22.3 Å². The van der Waals surface area contributed by atoms with E-state index >= 15 is 0 Å². The Morgan fingerprint density at radius 3 is 2.04 bits per heavy atom. The molecule has 0 saturated heterocycles. The molecule has 3 rings (SSSR count). The fourth-order valence-corrected chi connectivity index (χ4v) is 2.74. The fourth-order valence-electron chi connectivity index (χ4n) is 2.53. The molecule has 0 heterocycles. The lowest BCUT2D eigenvalue weighted by Crippen LogP contribution is -2.34. The topological polar surface area (TPSA) is 115 Å². The number of fused-ring (bicyclic) bond motifs is 2. The second kappa shape index (κ2) is 6.32. The highest BCUT2D eigenvalue weighted by Crippen LogP contribution is 2.28. The molecule has 0 unspecified atom stereocenters. The van der Waals surface area contributed by atoms with E-state index < -0.39 is 39.5 Å². The number of halogens is 2. The van der Waals surface area contributed by atoms with Crippen molar-refractivity contribution >= 4 is 27.7 Å². The standard InChI is InChI=1S/C17H10F2O7S/c18-17(19,27(23,24)25)8-26-16(22)9-5-6-12-13(7-9)15(21)11-4-2-1-3-10(11)14(12)20/h1-7H,8H2,(H,23,24,25). The van der Waals surface area contributed by atoms with Crippen LogP contribution in [0.3, 0.4) is 0 Å². The predicted octanol–water partition coefficient (Wildman–Crippen LogP) is 2.10. The van der Waals surface area contributed by atoms with Crippen molar-refractivity contribution < 1.29 is 40.9 Å². The van der Waals surface area contributed by atoms with Gasteiger partial charge in [-0.1, -0.05) is 24.3 Å². The number of hydrogen-bond donors (Lipinski definition) is 1. The Bertz CT molecular complexity index is 1090. The molecular weight excluding hydrogens is 386 g/mol. The molecule has 0 atom stereocenters. The summed E-state index contributed by atoms with van der Waals surface area (Å²) in [5, 5.41) is -4.68. The molecule has 1 aliphatic rings. The van der Waals surface area contributed by atoms with E-state index in [9.17, 15) is 31.6 Å². The van der Waals surface area contributed by atoms with Gasteiger partial charge in [-0.2, -0.15) is 17.2 Å². The monoisotopic (exact) mass is 396 g/mol. The van der Waals surface area contributed by atoms with Gasteiger partial charge in [-0.3, -0.25) is 14.1 Å². The molecule has 0 saturated carbocycles. The van der Waals surface area contributed by atoms with Gasteiger partial charge < -0.3 is 4.74 Å². The molecule has 2 aromatic carbocycles. The average molecular weight is 396 g/mol. The van der Waals surface area contributed by atoms with Crippen LogP contribution in [0.15, 0.2) is 42.5 Å². The zero-order chi connectivity index (χ0) is 20.0. The number of benzene rings is 2. The molecule has 0 radical (unpaired) electrons. The third kappa shape index (κ3) is 3.24. The van der Waals surface area contributed by atoms with Crippen LogP contribution in [-0.4, -0.2) is 42.4 Å². The Kier molecular flexibility index (Phi) is 4.40. The lowest BCUT2D eigenvalue weighted by atomic mass is 9.83. The number of hydrogen-bond acceptors (Lipinski definition) is 6. The molecule has 10 heteroatoms. The molecule has 2 aromatic rings. The number of rotatable bonds is 4. The predicted molar refractivity (Wildman–Crippen MR) is 86.5 cm³/mol. The lowest BCUT2D eigenvalue weighted by molar-refractivity contribution is -0.00950. The van der Waals surface area contributed by atoms with Gasteiger partial charge in [-0.25, -0.2) is 4.79 Å². The Morgan fingerprint density at radius 1 is 0.963 bits per heavy atom. The van der Waals surface area contributed by atoms with E-state index in [0.717, 1.165) is 12.1 Å². The lowest BCUT2D eigenvalue weighted by Gasteiger charge is -2.18. The van der Waals surface area contributed by atoms with Gasteiger partial charge in [0.25, 0.3) is 0 Å². The molecule has 0 aliphatic heterocycles. The van der Waals surface area contributed by atoms with Crippen LogP contribution in [0.1, 0.15) is 42.2 Å². The highest BCUT2D eigenvalue weighted by atomic mass is 32.2. The van der Waals surface area contributed by atoms with E-state index in [1.807, 2.05) is 0 Å². The first-order valence-electron chi connectivity index (χ1n) is 7.37. The number of carbonyl (C=O) groups excluding carboxylic acids is 3. The van der Waals surface area contributed by atoms with Gasteiger partial charge in [0.15, 0.2) is 18.2 Å². The molecule has 7 nitrogen and oxygen atoms in total. The fraction of sp³-hybridized carbons (Fsp3) is 0.118. The van der Waals surface area contributed by atoms with Crippen LogP contribution >= 0.6 is 0 Å². The van der Waals surface area contributed by atoms with Gasteiger partial charge >= 0.3 is 21.3 Å². The molecule has 27 heavy (non-hydrogen) atoms. The molecule has 1 aliphatic carbocycles. The third-order valence-corrected chi connectivity index (χ3v) is 4.78. The number of esters is 1.